The van der Waals surface area contributed by atoms with Gasteiger partial charge >= 0.3 is 0 Å². The Kier molecular flexibility index (Phi) is 3.26. The van der Waals surface area contributed by atoms with Gasteiger partial charge in [0.05, 0.1) is 5.69 Å². The first-order valence-corrected chi connectivity index (χ1v) is 4.23. The predicted octanol–water partition coefficient (Wildman–Crippen LogP) is 2.95. The Morgan fingerprint density at radius 3 is 2.85 bits per heavy atom. The van der Waals surface area contributed by atoms with Crippen molar-refractivity contribution in [1.29, 1.82) is 0 Å². The monoisotopic (exact) mass is 174 g/mol. The first-order chi connectivity index (χ1) is 6.24. The topological polar surface area (TPSA) is 28.7 Å². The zero-order valence-electron chi connectivity index (χ0n) is 8.04. The first kappa shape index (κ1) is 9.52. The lowest BCUT2D eigenvalue weighted by atomic mass is 10.1. The molecule has 0 aliphatic rings. The highest BCUT2D eigenvalue weighted by atomic mass is 15.1. The van der Waals surface area contributed by atoms with Crippen molar-refractivity contribution in [2.24, 2.45) is 0 Å². The van der Waals surface area contributed by atoms with Crippen molar-refractivity contribution < 1.29 is 0 Å². The molecule has 1 heterocycles. The van der Waals surface area contributed by atoms with Crippen LogP contribution in [0.25, 0.3) is 5.57 Å². The standard InChI is InChI=1S/C11H14N2/c1-4-9(2)5-6-10(3)11-7-8-12-13-11/h4-8H,3H2,1-2H3,(H,12,13)/b6-5-,9-4-. The fourth-order valence-corrected chi connectivity index (χ4v) is 0.853. The smallest absolute Gasteiger partial charge is 0.0644 e. The Morgan fingerprint density at radius 2 is 2.31 bits per heavy atom. The van der Waals surface area contributed by atoms with Crippen LogP contribution in [0.15, 0.2) is 42.6 Å². The van der Waals surface area contributed by atoms with Gasteiger partial charge in [-0.1, -0.05) is 30.4 Å². The summed E-state index contributed by atoms with van der Waals surface area (Å²) in [5, 5.41) is 6.71. The van der Waals surface area contributed by atoms with Gasteiger partial charge in [0.15, 0.2) is 0 Å². The lowest BCUT2D eigenvalue weighted by molar-refractivity contribution is 1.08. The average molecular weight is 174 g/mol. The molecule has 1 aromatic heterocycles. The third-order valence-corrected chi connectivity index (χ3v) is 1.85. The maximum atomic E-state index is 3.92. The van der Waals surface area contributed by atoms with Gasteiger partial charge in [0.25, 0.3) is 0 Å². The molecule has 0 spiro atoms. The molecule has 0 saturated heterocycles. The molecule has 0 saturated carbocycles. The normalized spacial score (nSPS) is 12.3. The quantitative estimate of drug-likeness (QED) is 0.701. The number of allylic oxidation sites excluding steroid dienone is 5. The summed E-state index contributed by atoms with van der Waals surface area (Å²) in [7, 11) is 0. The van der Waals surface area contributed by atoms with Gasteiger partial charge in [0.2, 0.25) is 0 Å². The molecule has 0 atom stereocenters. The molecule has 0 radical (unpaired) electrons. The highest BCUT2D eigenvalue weighted by molar-refractivity contribution is 5.69. The molecule has 0 aliphatic heterocycles. The van der Waals surface area contributed by atoms with Gasteiger partial charge in [-0.25, -0.2) is 0 Å². The summed E-state index contributed by atoms with van der Waals surface area (Å²) in [5.41, 5.74) is 3.12. The number of aromatic nitrogens is 2. The first-order valence-electron chi connectivity index (χ1n) is 4.23. The van der Waals surface area contributed by atoms with E-state index in [0.717, 1.165) is 11.3 Å². The highest BCUT2D eigenvalue weighted by Gasteiger charge is 1.93. The van der Waals surface area contributed by atoms with Gasteiger partial charge in [-0.3, -0.25) is 5.10 Å². The lowest BCUT2D eigenvalue weighted by Crippen LogP contribution is -1.78. The van der Waals surface area contributed by atoms with E-state index >= 15 is 0 Å². The Hall–Kier alpha value is -1.57. The Morgan fingerprint density at radius 1 is 1.54 bits per heavy atom. The van der Waals surface area contributed by atoms with Crippen LogP contribution in [0.1, 0.15) is 19.5 Å². The fraction of sp³-hybridized carbons (Fsp3) is 0.182. The van der Waals surface area contributed by atoms with Crippen molar-refractivity contribution in [3.05, 3.63) is 48.3 Å². The van der Waals surface area contributed by atoms with E-state index in [1.165, 1.54) is 5.57 Å². The average Bonchev–Trinajstić information content (AvgIpc) is 2.66. The summed E-state index contributed by atoms with van der Waals surface area (Å²) in [6, 6.07) is 1.90. The van der Waals surface area contributed by atoms with Gasteiger partial charge in [-0.15, -0.1) is 0 Å². The maximum absolute atomic E-state index is 3.92. The Labute approximate surface area is 78.7 Å². The minimum absolute atomic E-state index is 0.943. The number of aromatic amines is 1. The minimum Gasteiger partial charge on any atom is -0.278 e. The van der Waals surface area contributed by atoms with Gasteiger partial charge in [0, 0.05) is 6.20 Å². The van der Waals surface area contributed by atoms with E-state index in [2.05, 4.69) is 29.8 Å². The van der Waals surface area contributed by atoms with Crippen molar-refractivity contribution in [3.63, 3.8) is 0 Å². The van der Waals surface area contributed by atoms with Crippen molar-refractivity contribution in [2.45, 2.75) is 13.8 Å². The van der Waals surface area contributed by atoms with E-state index in [4.69, 9.17) is 0 Å². The molecule has 0 unspecified atom stereocenters. The number of nitrogens with one attached hydrogen (secondary N) is 1. The van der Waals surface area contributed by atoms with Crippen LogP contribution in [0.2, 0.25) is 0 Å². The molecule has 0 aliphatic carbocycles. The van der Waals surface area contributed by atoms with Crippen molar-refractivity contribution in [1.82, 2.24) is 10.2 Å². The number of H-pyrrole nitrogens is 1. The summed E-state index contributed by atoms with van der Waals surface area (Å²) in [6.07, 6.45) is 7.78. The third-order valence-electron chi connectivity index (χ3n) is 1.85. The summed E-state index contributed by atoms with van der Waals surface area (Å²) < 4.78 is 0. The van der Waals surface area contributed by atoms with E-state index in [9.17, 15) is 0 Å². The van der Waals surface area contributed by atoms with E-state index in [-0.39, 0.29) is 0 Å². The van der Waals surface area contributed by atoms with Crippen LogP contribution < -0.4 is 0 Å². The van der Waals surface area contributed by atoms with Crippen molar-refractivity contribution >= 4 is 5.57 Å². The number of nitrogens with zero attached hydrogens (tertiary/aromatic N) is 1. The fourth-order valence-electron chi connectivity index (χ4n) is 0.853. The summed E-state index contributed by atoms with van der Waals surface area (Å²) in [4.78, 5) is 0. The zero-order chi connectivity index (χ0) is 9.68. The Bertz CT molecular complexity index is 329. The molecule has 0 amide bonds. The number of rotatable bonds is 3. The second-order valence-corrected chi connectivity index (χ2v) is 2.86. The second-order valence-electron chi connectivity index (χ2n) is 2.86. The molecule has 0 fully saturated rings. The zero-order valence-corrected chi connectivity index (χ0v) is 8.04. The predicted molar refractivity (Wildman–Crippen MR) is 56.2 cm³/mol. The van der Waals surface area contributed by atoms with Gasteiger partial charge in [-0.05, 0) is 25.5 Å². The van der Waals surface area contributed by atoms with Crippen LogP contribution in [-0.2, 0) is 0 Å². The molecule has 0 aromatic carbocycles. The highest BCUT2D eigenvalue weighted by Crippen LogP contribution is 2.10. The lowest BCUT2D eigenvalue weighted by Gasteiger charge is -1.94. The SMILES string of the molecule is C=C(/C=C\C(C)=C/C)c1ccn[nH]1. The van der Waals surface area contributed by atoms with Crippen LogP contribution in [0.4, 0.5) is 0 Å². The largest absolute Gasteiger partial charge is 0.278 e. The molecular formula is C11H14N2. The molecule has 1 rings (SSSR count). The second kappa shape index (κ2) is 4.45. The summed E-state index contributed by atoms with van der Waals surface area (Å²) in [5.74, 6) is 0. The molecule has 1 N–H and O–H groups in total. The molecule has 2 heteroatoms. The maximum Gasteiger partial charge on any atom is 0.0644 e. The van der Waals surface area contributed by atoms with Crippen LogP contribution in [0.3, 0.4) is 0 Å². The van der Waals surface area contributed by atoms with E-state index < -0.39 is 0 Å². The molecule has 0 bridgehead atoms. The van der Waals surface area contributed by atoms with Gasteiger partial charge < -0.3 is 0 Å². The molecule has 13 heavy (non-hydrogen) atoms. The van der Waals surface area contributed by atoms with Gasteiger partial charge in [-0.2, -0.15) is 5.10 Å². The molecule has 1 aromatic rings. The molecule has 68 valence electrons. The Balaban J connectivity index is 2.67. The minimum atomic E-state index is 0.943. The molecular weight excluding hydrogens is 160 g/mol. The van der Waals surface area contributed by atoms with Crippen LogP contribution in [-0.4, -0.2) is 10.2 Å². The number of hydrogen-bond acceptors (Lipinski definition) is 1. The van der Waals surface area contributed by atoms with Gasteiger partial charge in [0.1, 0.15) is 0 Å². The summed E-state index contributed by atoms with van der Waals surface area (Å²) >= 11 is 0. The molecule has 2 nitrogen and oxygen atoms in total. The van der Waals surface area contributed by atoms with E-state index in [0.29, 0.717) is 0 Å². The van der Waals surface area contributed by atoms with Crippen molar-refractivity contribution in [3.8, 4) is 0 Å². The van der Waals surface area contributed by atoms with E-state index in [1.54, 1.807) is 6.20 Å². The number of hydrogen-bond donors (Lipinski definition) is 1. The summed E-state index contributed by atoms with van der Waals surface area (Å²) in [6.45, 7) is 7.98. The van der Waals surface area contributed by atoms with Crippen LogP contribution in [0.5, 0.6) is 0 Å². The van der Waals surface area contributed by atoms with Crippen LogP contribution in [0, 0.1) is 0 Å². The third kappa shape index (κ3) is 2.75. The van der Waals surface area contributed by atoms with E-state index in [1.807, 2.05) is 25.1 Å². The van der Waals surface area contributed by atoms with Crippen molar-refractivity contribution in [2.75, 3.05) is 0 Å². The van der Waals surface area contributed by atoms with Crippen LogP contribution >= 0.6 is 0 Å².